The molecule has 0 aliphatic carbocycles. The lowest BCUT2D eigenvalue weighted by Gasteiger charge is -2.22. The van der Waals surface area contributed by atoms with E-state index >= 15 is 0 Å². The van der Waals surface area contributed by atoms with Crippen LogP contribution in [0.25, 0.3) is 0 Å². The van der Waals surface area contributed by atoms with Crippen molar-refractivity contribution in [3.05, 3.63) is 120 Å². The van der Waals surface area contributed by atoms with Crippen LogP contribution in [0.5, 0.6) is 23.0 Å². The highest BCUT2D eigenvalue weighted by Gasteiger charge is 2.24. The normalized spacial score (nSPS) is 13.1. The topological polar surface area (TPSA) is 77.5 Å². The van der Waals surface area contributed by atoms with Crippen LogP contribution in [0.4, 0.5) is 0 Å². The molecule has 2 amide bonds. The molecule has 0 saturated carbocycles. The lowest BCUT2D eigenvalue weighted by Crippen LogP contribution is -2.37. The maximum absolute atomic E-state index is 13.3. The fraction of sp³-hybridized carbons (Fsp3) is 0.257. The molecule has 0 aromatic heterocycles. The fourth-order valence-electron chi connectivity index (χ4n) is 4.80. The number of carbonyl (C=O) groups excluding carboxylic acids is 2. The Labute approximate surface area is 252 Å². The minimum Gasteiger partial charge on any atom is -0.490 e. The average molecular weight is 581 g/mol. The monoisotopic (exact) mass is 580 g/mol. The second-order valence-electron chi connectivity index (χ2n) is 10.0. The molecule has 1 fully saturated rings. The zero-order valence-corrected chi connectivity index (χ0v) is 24.1. The van der Waals surface area contributed by atoms with Gasteiger partial charge >= 0.3 is 0 Å². The first-order valence-corrected chi connectivity index (χ1v) is 14.6. The van der Waals surface area contributed by atoms with E-state index in [1.54, 1.807) is 34.1 Å². The van der Waals surface area contributed by atoms with Crippen molar-refractivity contribution in [3.63, 3.8) is 0 Å². The van der Waals surface area contributed by atoms with Gasteiger partial charge in [-0.25, -0.2) is 0 Å². The number of ether oxygens (including phenoxy) is 4. The Balaban J connectivity index is 1.09. The Morgan fingerprint density at radius 3 is 1.26 bits per heavy atom. The van der Waals surface area contributed by atoms with Gasteiger partial charge < -0.3 is 28.7 Å². The van der Waals surface area contributed by atoms with E-state index in [1.165, 1.54) is 0 Å². The van der Waals surface area contributed by atoms with Gasteiger partial charge in [-0.1, -0.05) is 48.5 Å². The summed E-state index contributed by atoms with van der Waals surface area (Å²) in [6.45, 7) is 3.57. The van der Waals surface area contributed by atoms with Crippen LogP contribution in [0.1, 0.15) is 27.1 Å². The molecule has 0 atom stereocenters. The molecular weight excluding hydrogens is 544 g/mol. The van der Waals surface area contributed by atoms with Crippen molar-refractivity contribution in [1.82, 2.24) is 9.80 Å². The predicted octanol–water partition coefficient (Wildman–Crippen LogP) is 5.59. The molecule has 0 unspecified atom stereocenters. The van der Waals surface area contributed by atoms with Crippen molar-refractivity contribution < 1.29 is 28.5 Å². The van der Waals surface area contributed by atoms with Crippen LogP contribution in [-0.4, -0.2) is 74.2 Å². The smallest absolute Gasteiger partial charge is 0.254 e. The van der Waals surface area contributed by atoms with Crippen molar-refractivity contribution in [2.75, 3.05) is 52.6 Å². The van der Waals surface area contributed by atoms with E-state index in [4.69, 9.17) is 18.9 Å². The van der Waals surface area contributed by atoms with E-state index in [0.717, 1.165) is 11.5 Å². The highest BCUT2D eigenvalue weighted by molar-refractivity contribution is 5.96. The summed E-state index contributed by atoms with van der Waals surface area (Å²) in [7, 11) is 0. The first-order chi connectivity index (χ1) is 21.2. The Morgan fingerprint density at radius 1 is 0.465 bits per heavy atom. The van der Waals surface area contributed by atoms with Gasteiger partial charge in [-0.3, -0.25) is 9.59 Å². The Morgan fingerprint density at radius 2 is 0.837 bits per heavy atom. The summed E-state index contributed by atoms with van der Waals surface area (Å²) in [6, 6.07) is 33.5. The van der Waals surface area contributed by atoms with Crippen molar-refractivity contribution in [1.29, 1.82) is 0 Å². The van der Waals surface area contributed by atoms with Crippen LogP contribution in [0.2, 0.25) is 0 Å². The molecular formula is C35H36N2O6. The van der Waals surface area contributed by atoms with Gasteiger partial charge in [0, 0.05) is 37.3 Å². The quantitative estimate of drug-likeness (QED) is 0.203. The molecule has 0 N–H and O–H groups in total. The van der Waals surface area contributed by atoms with Gasteiger partial charge in [0.2, 0.25) is 0 Å². The molecule has 0 spiro atoms. The van der Waals surface area contributed by atoms with Crippen LogP contribution < -0.4 is 18.9 Å². The van der Waals surface area contributed by atoms with Crippen molar-refractivity contribution in [2.45, 2.75) is 6.42 Å². The van der Waals surface area contributed by atoms with Crippen molar-refractivity contribution >= 4 is 11.8 Å². The Bertz CT molecular complexity index is 1350. The minimum absolute atomic E-state index is 0.0756. The second kappa shape index (κ2) is 15.3. The molecule has 1 aliphatic heterocycles. The summed E-state index contributed by atoms with van der Waals surface area (Å²) >= 11 is 0. The number of nitrogens with zero attached hydrogens (tertiary/aromatic N) is 2. The van der Waals surface area contributed by atoms with Gasteiger partial charge in [0.05, 0.1) is 0 Å². The SMILES string of the molecule is O=C(c1cccc(OCCOc2ccccc2)c1)N1CCCN(C(=O)c2cccc(OCCOc3ccccc3)c2)CC1. The molecule has 0 bridgehead atoms. The summed E-state index contributed by atoms with van der Waals surface area (Å²) < 4.78 is 23.0. The van der Waals surface area contributed by atoms with Gasteiger partial charge in [-0.15, -0.1) is 0 Å². The number of hydrogen-bond donors (Lipinski definition) is 0. The molecule has 4 aromatic rings. The third-order valence-corrected chi connectivity index (χ3v) is 6.96. The summed E-state index contributed by atoms with van der Waals surface area (Å²) in [5, 5.41) is 0. The lowest BCUT2D eigenvalue weighted by molar-refractivity contribution is 0.0718. The molecule has 1 saturated heterocycles. The standard InChI is InChI=1S/C35H36N2O6/c38-34(28-10-7-16-32(26-28)42-24-22-40-30-12-3-1-4-13-30)36-18-9-19-37(21-20-36)35(39)29-11-8-17-33(27-29)43-25-23-41-31-14-5-2-6-15-31/h1-8,10-17,26-27H,9,18-25H2. The molecule has 0 radical (unpaired) electrons. The number of benzene rings is 4. The third kappa shape index (κ3) is 8.75. The molecule has 4 aromatic carbocycles. The number of para-hydroxylation sites is 2. The van der Waals surface area contributed by atoms with E-state index in [-0.39, 0.29) is 11.8 Å². The van der Waals surface area contributed by atoms with Crippen LogP contribution in [-0.2, 0) is 0 Å². The summed E-state index contributed by atoms with van der Waals surface area (Å²) in [6.07, 6.45) is 0.692. The number of amides is 2. The van der Waals surface area contributed by atoms with Crippen molar-refractivity contribution in [2.24, 2.45) is 0 Å². The molecule has 8 heteroatoms. The third-order valence-electron chi connectivity index (χ3n) is 6.96. The van der Waals surface area contributed by atoms with E-state index in [1.807, 2.05) is 84.9 Å². The maximum Gasteiger partial charge on any atom is 0.254 e. The summed E-state index contributed by atoms with van der Waals surface area (Å²) in [5.74, 6) is 2.65. The van der Waals surface area contributed by atoms with Crippen LogP contribution in [0, 0.1) is 0 Å². The van der Waals surface area contributed by atoms with Gasteiger partial charge in [0.1, 0.15) is 49.4 Å². The zero-order chi connectivity index (χ0) is 29.7. The van der Waals surface area contributed by atoms with E-state index in [9.17, 15) is 9.59 Å². The van der Waals surface area contributed by atoms with E-state index in [0.29, 0.717) is 81.7 Å². The van der Waals surface area contributed by atoms with Gasteiger partial charge in [-0.2, -0.15) is 0 Å². The molecule has 222 valence electrons. The van der Waals surface area contributed by atoms with Crippen LogP contribution >= 0.6 is 0 Å². The number of hydrogen-bond acceptors (Lipinski definition) is 6. The molecule has 1 heterocycles. The lowest BCUT2D eigenvalue weighted by atomic mass is 10.2. The number of rotatable bonds is 12. The minimum atomic E-state index is -0.0756. The average Bonchev–Trinajstić information content (AvgIpc) is 3.32. The van der Waals surface area contributed by atoms with Crippen molar-refractivity contribution in [3.8, 4) is 23.0 Å². The van der Waals surface area contributed by atoms with E-state index < -0.39 is 0 Å². The molecule has 43 heavy (non-hydrogen) atoms. The molecule has 5 rings (SSSR count). The first-order valence-electron chi connectivity index (χ1n) is 14.6. The Kier molecular flexibility index (Phi) is 10.5. The highest BCUT2D eigenvalue weighted by atomic mass is 16.5. The second-order valence-corrected chi connectivity index (χ2v) is 10.0. The predicted molar refractivity (Wildman–Crippen MR) is 164 cm³/mol. The Hall–Kier alpha value is -4.98. The molecule has 1 aliphatic rings. The van der Waals surface area contributed by atoms with Gasteiger partial charge in [0.15, 0.2) is 0 Å². The number of carbonyl (C=O) groups is 2. The maximum atomic E-state index is 13.3. The fourth-order valence-corrected chi connectivity index (χ4v) is 4.80. The van der Waals surface area contributed by atoms with Crippen LogP contribution in [0.15, 0.2) is 109 Å². The first kappa shape index (κ1) is 29.5. The van der Waals surface area contributed by atoms with E-state index in [2.05, 4.69) is 0 Å². The molecule has 8 nitrogen and oxygen atoms in total. The highest BCUT2D eigenvalue weighted by Crippen LogP contribution is 2.19. The van der Waals surface area contributed by atoms with Gasteiger partial charge in [0.25, 0.3) is 11.8 Å². The largest absolute Gasteiger partial charge is 0.490 e. The van der Waals surface area contributed by atoms with Crippen LogP contribution in [0.3, 0.4) is 0 Å². The zero-order valence-electron chi connectivity index (χ0n) is 24.1. The van der Waals surface area contributed by atoms with Gasteiger partial charge in [-0.05, 0) is 67.1 Å². The summed E-state index contributed by atoms with van der Waals surface area (Å²) in [4.78, 5) is 30.3. The summed E-state index contributed by atoms with van der Waals surface area (Å²) in [5.41, 5.74) is 1.12.